The van der Waals surface area contributed by atoms with Gasteiger partial charge in [0.1, 0.15) is 5.69 Å². The molecule has 0 radical (unpaired) electrons. The Morgan fingerprint density at radius 1 is 1.29 bits per heavy atom. The average Bonchev–Trinajstić information content (AvgIpc) is 2.78. The maximum Gasteiger partial charge on any atom is 0.374 e. The minimum Gasteiger partial charge on any atom is -0.475 e. The molecule has 0 aliphatic heterocycles. The van der Waals surface area contributed by atoms with Gasteiger partial charge < -0.3 is 9.63 Å². The highest BCUT2D eigenvalue weighted by Crippen LogP contribution is 2.22. The van der Waals surface area contributed by atoms with Gasteiger partial charge in [0.25, 0.3) is 0 Å². The lowest BCUT2D eigenvalue weighted by Gasteiger charge is -2.04. The molecule has 4 nitrogen and oxygen atoms in total. The van der Waals surface area contributed by atoms with E-state index in [-0.39, 0.29) is 5.76 Å². The number of hydrogen-bond donors (Lipinski definition) is 1. The van der Waals surface area contributed by atoms with Gasteiger partial charge in [-0.1, -0.05) is 43.3 Å². The second-order valence-electron chi connectivity index (χ2n) is 4.16. The van der Waals surface area contributed by atoms with Crippen LogP contribution in [-0.2, 0) is 0 Å². The lowest BCUT2D eigenvalue weighted by Crippen LogP contribution is -1.91. The Labute approximate surface area is 98.9 Å². The molecule has 0 spiro atoms. The summed E-state index contributed by atoms with van der Waals surface area (Å²) in [5.74, 6) is -0.786. The van der Waals surface area contributed by atoms with Crippen LogP contribution in [0.4, 0.5) is 0 Å². The van der Waals surface area contributed by atoms with E-state index in [0.29, 0.717) is 11.6 Å². The van der Waals surface area contributed by atoms with Crippen LogP contribution in [-0.4, -0.2) is 16.2 Å². The van der Waals surface area contributed by atoms with E-state index in [1.54, 1.807) is 0 Å². The van der Waals surface area contributed by atoms with Crippen molar-refractivity contribution in [2.24, 2.45) is 0 Å². The molecular formula is C13H13NO3. The van der Waals surface area contributed by atoms with Crippen molar-refractivity contribution in [2.75, 3.05) is 0 Å². The molecule has 1 N–H and O–H groups in total. The van der Waals surface area contributed by atoms with Crippen LogP contribution in [0.1, 0.15) is 35.9 Å². The maximum atomic E-state index is 10.7. The van der Waals surface area contributed by atoms with Gasteiger partial charge in [0.15, 0.2) is 0 Å². The monoisotopic (exact) mass is 231 g/mol. The van der Waals surface area contributed by atoms with Gasteiger partial charge in [-0.2, -0.15) is 0 Å². The van der Waals surface area contributed by atoms with Crippen molar-refractivity contribution in [3.63, 3.8) is 0 Å². The Morgan fingerprint density at radius 2 is 1.94 bits per heavy atom. The number of carboxylic acids is 1. The van der Waals surface area contributed by atoms with Crippen molar-refractivity contribution < 1.29 is 14.4 Å². The Hall–Kier alpha value is -2.10. The quantitative estimate of drug-likeness (QED) is 0.881. The number of aromatic nitrogens is 1. The summed E-state index contributed by atoms with van der Waals surface area (Å²) < 4.78 is 4.71. The molecule has 0 fully saturated rings. The molecule has 0 bridgehead atoms. The molecule has 0 unspecified atom stereocenters. The van der Waals surface area contributed by atoms with E-state index >= 15 is 0 Å². The smallest absolute Gasteiger partial charge is 0.374 e. The van der Waals surface area contributed by atoms with Crippen LogP contribution in [0.5, 0.6) is 0 Å². The third-order valence-electron chi connectivity index (χ3n) is 2.59. The molecule has 4 heteroatoms. The van der Waals surface area contributed by atoms with Gasteiger partial charge >= 0.3 is 5.97 Å². The maximum absolute atomic E-state index is 10.7. The van der Waals surface area contributed by atoms with Gasteiger partial charge in [0, 0.05) is 11.6 Å². The van der Waals surface area contributed by atoms with Crippen LogP contribution in [0.3, 0.4) is 0 Å². The summed E-state index contributed by atoms with van der Waals surface area (Å²) in [6, 6.07) is 9.27. The fourth-order valence-corrected chi connectivity index (χ4v) is 1.55. The predicted octanol–water partition coefficient (Wildman–Crippen LogP) is 3.16. The Balaban J connectivity index is 2.30. The number of rotatable bonds is 3. The molecule has 1 aromatic carbocycles. The molecular weight excluding hydrogens is 218 g/mol. The number of hydrogen-bond acceptors (Lipinski definition) is 3. The van der Waals surface area contributed by atoms with E-state index in [1.165, 1.54) is 11.6 Å². The summed E-state index contributed by atoms with van der Waals surface area (Å²) in [4.78, 5) is 10.7. The number of benzene rings is 1. The first-order valence-corrected chi connectivity index (χ1v) is 5.38. The highest BCUT2D eigenvalue weighted by molar-refractivity contribution is 5.85. The number of nitrogens with zero attached hydrogens (tertiary/aromatic N) is 1. The normalized spacial score (nSPS) is 10.8. The van der Waals surface area contributed by atoms with E-state index in [0.717, 1.165) is 5.56 Å². The number of carboxylic acid groups (broad SMARTS) is 1. The zero-order valence-electron chi connectivity index (χ0n) is 9.68. The zero-order chi connectivity index (χ0) is 12.4. The summed E-state index contributed by atoms with van der Waals surface area (Å²) in [6.45, 7) is 4.24. The van der Waals surface area contributed by atoms with Gasteiger partial charge in [-0.3, -0.25) is 0 Å². The highest BCUT2D eigenvalue weighted by Gasteiger charge is 2.12. The molecule has 1 aromatic heterocycles. The Kier molecular flexibility index (Phi) is 2.95. The van der Waals surface area contributed by atoms with Crippen LogP contribution >= 0.6 is 0 Å². The third-order valence-corrected chi connectivity index (χ3v) is 2.59. The minimum atomic E-state index is -1.11. The molecule has 0 aliphatic carbocycles. The predicted molar refractivity (Wildman–Crippen MR) is 63.0 cm³/mol. The van der Waals surface area contributed by atoms with Gasteiger partial charge in [0.2, 0.25) is 5.76 Å². The van der Waals surface area contributed by atoms with E-state index < -0.39 is 5.97 Å². The van der Waals surface area contributed by atoms with Crippen molar-refractivity contribution in [2.45, 2.75) is 19.8 Å². The van der Waals surface area contributed by atoms with Crippen molar-refractivity contribution in [1.82, 2.24) is 5.16 Å². The van der Waals surface area contributed by atoms with E-state index in [1.807, 2.05) is 24.3 Å². The van der Waals surface area contributed by atoms with Gasteiger partial charge in [-0.05, 0) is 11.5 Å². The molecule has 2 rings (SSSR count). The zero-order valence-corrected chi connectivity index (χ0v) is 9.68. The molecule has 0 aliphatic rings. The molecule has 1 heterocycles. The first kappa shape index (κ1) is 11.4. The number of aromatic carboxylic acids is 1. The molecule has 0 atom stereocenters. The van der Waals surface area contributed by atoms with Crippen LogP contribution < -0.4 is 0 Å². The van der Waals surface area contributed by atoms with Gasteiger partial charge in [-0.25, -0.2) is 4.79 Å². The summed E-state index contributed by atoms with van der Waals surface area (Å²) in [7, 11) is 0. The topological polar surface area (TPSA) is 63.3 Å². The van der Waals surface area contributed by atoms with Crippen molar-refractivity contribution in [3.05, 3.63) is 41.7 Å². The fourth-order valence-electron chi connectivity index (χ4n) is 1.55. The first-order chi connectivity index (χ1) is 8.08. The van der Waals surface area contributed by atoms with E-state index in [9.17, 15) is 4.79 Å². The van der Waals surface area contributed by atoms with Crippen molar-refractivity contribution >= 4 is 5.97 Å². The van der Waals surface area contributed by atoms with E-state index in [4.69, 9.17) is 9.63 Å². The molecule has 0 saturated heterocycles. The lowest BCUT2D eigenvalue weighted by atomic mass is 10.0. The van der Waals surface area contributed by atoms with Crippen molar-refractivity contribution in [1.29, 1.82) is 0 Å². The molecule has 0 saturated carbocycles. The standard InChI is InChI=1S/C13H13NO3/c1-8(2)9-3-5-10(6-4-9)11-7-12(13(15)16)17-14-11/h3-8H,1-2H3,(H,15,16). The van der Waals surface area contributed by atoms with Crippen LogP contribution in [0, 0.1) is 0 Å². The summed E-state index contributed by atoms with van der Waals surface area (Å²) in [6.07, 6.45) is 0. The van der Waals surface area contributed by atoms with Crippen molar-refractivity contribution in [3.8, 4) is 11.3 Å². The van der Waals surface area contributed by atoms with E-state index in [2.05, 4.69) is 19.0 Å². The summed E-state index contributed by atoms with van der Waals surface area (Å²) in [5, 5.41) is 12.5. The Bertz CT molecular complexity index is 526. The largest absolute Gasteiger partial charge is 0.475 e. The van der Waals surface area contributed by atoms with Crippen LogP contribution in [0.25, 0.3) is 11.3 Å². The molecule has 2 aromatic rings. The summed E-state index contributed by atoms with van der Waals surface area (Å²) >= 11 is 0. The average molecular weight is 231 g/mol. The third kappa shape index (κ3) is 2.36. The second-order valence-corrected chi connectivity index (χ2v) is 4.16. The van der Waals surface area contributed by atoms with Crippen LogP contribution in [0.15, 0.2) is 34.9 Å². The summed E-state index contributed by atoms with van der Waals surface area (Å²) in [5.41, 5.74) is 2.62. The fraction of sp³-hybridized carbons (Fsp3) is 0.231. The molecule has 0 amide bonds. The second kappa shape index (κ2) is 4.41. The molecule has 17 heavy (non-hydrogen) atoms. The van der Waals surface area contributed by atoms with Gasteiger partial charge in [0.05, 0.1) is 0 Å². The first-order valence-electron chi connectivity index (χ1n) is 5.38. The number of carbonyl (C=O) groups is 1. The SMILES string of the molecule is CC(C)c1ccc(-c2cc(C(=O)O)on2)cc1. The Morgan fingerprint density at radius 3 is 2.41 bits per heavy atom. The van der Waals surface area contributed by atoms with Crippen LogP contribution in [0.2, 0.25) is 0 Å². The highest BCUT2D eigenvalue weighted by atomic mass is 16.5. The minimum absolute atomic E-state index is 0.145. The molecule has 88 valence electrons. The van der Waals surface area contributed by atoms with Gasteiger partial charge in [-0.15, -0.1) is 0 Å². The lowest BCUT2D eigenvalue weighted by molar-refractivity contribution is 0.0652.